The Morgan fingerprint density at radius 3 is 2.79 bits per heavy atom. The van der Waals surface area contributed by atoms with Gasteiger partial charge in [0.25, 0.3) is 5.91 Å². The first kappa shape index (κ1) is 21.3. The van der Waals surface area contributed by atoms with E-state index < -0.39 is 0 Å². The Hall–Kier alpha value is -3.27. The van der Waals surface area contributed by atoms with Crippen molar-refractivity contribution >= 4 is 51.3 Å². The van der Waals surface area contributed by atoms with Crippen LogP contribution in [0.25, 0.3) is 10.2 Å². The summed E-state index contributed by atoms with van der Waals surface area (Å²) in [6, 6.07) is 4.64. The van der Waals surface area contributed by atoms with Gasteiger partial charge >= 0.3 is 0 Å². The molecule has 1 amide bonds. The Bertz CT molecular complexity index is 1260. The van der Waals surface area contributed by atoms with Gasteiger partial charge in [-0.3, -0.25) is 14.9 Å². The number of aromatic amines is 1. The number of carbonyl (C=O) groups is 1. The van der Waals surface area contributed by atoms with Gasteiger partial charge in [-0.25, -0.2) is 4.98 Å². The number of hydrogen-bond acceptors (Lipinski definition) is 8. The molecule has 0 spiro atoms. The van der Waals surface area contributed by atoms with E-state index in [4.69, 9.17) is 9.97 Å². The summed E-state index contributed by atoms with van der Waals surface area (Å²) in [7, 11) is 0. The second kappa shape index (κ2) is 8.83. The number of carbonyl (C=O) groups excluding carboxylic acids is 1. The van der Waals surface area contributed by atoms with Crippen LogP contribution in [-0.2, 0) is 4.79 Å². The first-order valence-corrected chi connectivity index (χ1v) is 12.9. The molecule has 3 aliphatic heterocycles. The second-order valence-electron chi connectivity index (χ2n) is 9.33. The van der Waals surface area contributed by atoms with E-state index in [1.807, 2.05) is 36.7 Å². The maximum absolute atomic E-state index is 13.3. The Labute approximate surface area is 201 Å². The zero-order chi connectivity index (χ0) is 23.1. The molecule has 6 rings (SSSR count). The largest absolute Gasteiger partial charge is 0.351 e. The highest BCUT2D eigenvalue weighted by molar-refractivity contribution is 7.17. The van der Waals surface area contributed by atoms with Crippen molar-refractivity contribution in [3.8, 4) is 0 Å². The molecule has 9 nitrogen and oxygen atoms in total. The zero-order valence-corrected chi connectivity index (χ0v) is 19.9. The standard InChI is InChI=1S/C24H28N8OS/c1-14-11-20(31-30-14)28-22-21-18(8-10-34-21)27-24(29-22)26-15-12-16-5-4-6-17(13-15)32(16)23(33)19-7-2-3-9-25-19/h7-11,15-17H,2-6,12-13H2,1H3,(H3,26,27,28,29,30,31)/t15-,16-,17+. The van der Waals surface area contributed by atoms with Gasteiger partial charge in [-0.2, -0.15) is 10.1 Å². The lowest BCUT2D eigenvalue weighted by molar-refractivity contribution is -0.136. The van der Waals surface area contributed by atoms with E-state index in [-0.39, 0.29) is 24.0 Å². The summed E-state index contributed by atoms with van der Waals surface area (Å²) in [5.41, 5.74) is 2.51. The SMILES string of the molecule is Cc1cc(Nc2nc(N[C@@H]3C[C@H]4CCC[C@@H](C3)N4C(=O)C3=CCCC=N3)nc3ccsc23)n[nH]1. The molecule has 0 aromatic carbocycles. The van der Waals surface area contributed by atoms with Gasteiger partial charge in [0.2, 0.25) is 5.95 Å². The minimum Gasteiger partial charge on any atom is -0.351 e. The molecule has 176 valence electrons. The van der Waals surface area contributed by atoms with E-state index >= 15 is 0 Å². The van der Waals surface area contributed by atoms with Crippen molar-refractivity contribution in [2.45, 2.75) is 70.0 Å². The molecular formula is C24H28N8OS. The first-order valence-electron chi connectivity index (χ1n) is 12.0. The van der Waals surface area contributed by atoms with Crippen molar-refractivity contribution in [3.05, 3.63) is 35.0 Å². The van der Waals surface area contributed by atoms with Crippen molar-refractivity contribution < 1.29 is 4.79 Å². The predicted molar refractivity (Wildman–Crippen MR) is 135 cm³/mol. The van der Waals surface area contributed by atoms with Crippen LogP contribution in [0.3, 0.4) is 0 Å². The fourth-order valence-corrected chi connectivity index (χ4v) is 6.19. The third kappa shape index (κ3) is 4.06. The number of aromatic nitrogens is 4. The number of fused-ring (bicyclic) bond motifs is 3. The van der Waals surface area contributed by atoms with Crippen LogP contribution >= 0.6 is 11.3 Å². The highest BCUT2D eigenvalue weighted by Crippen LogP contribution is 2.37. The molecule has 3 aromatic heterocycles. The normalized spacial score (nSPS) is 24.2. The summed E-state index contributed by atoms with van der Waals surface area (Å²) in [6.07, 6.45) is 10.7. The molecule has 6 heterocycles. The van der Waals surface area contributed by atoms with E-state index in [2.05, 4.69) is 30.7 Å². The third-order valence-electron chi connectivity index (χ3n) is 6.88. The van der Waals surface area contributed by atoms with Crippen LogP contribution in [0.2, 0.25) is 0 Å². The summed E-state index contributed by atoms with van der Waals surface area (Å²) in [5, 5.41) is 16.2. The molecule has 3 N–H and O–H groups in total. The number of H-pyrrole nitrogens is 1. The molecule has 3 aliphatic rings. The Balaban J connectivity index is 1.21. The quantitative estimate of drug-likeness (QED) is 0.499. The zero-order valence-electron chi connectivity index (χ0n) is 19.1. The van der Waals surface area contributed by atoms with Crippen LogP contribution in [0, 0.1) is 6.92 Å². The number of piperidine rings is 2. The lowest BCUT2D eigenvalue weighted by atomic mass is 9.81. The number of allylic oxidation sites excluding steroid dienone is 1. The molecule has 3 aromatic rings. The highest BCUT2D eigenvalue weighted by atomic mass is 32.1. The van der Waals surface area contributed by atoms with Crippen molar-refractivity contribution in [2.75, 3.05) is 10.6 Å². The maximum Gasteiger partial charge on any atom is 0.272 e. The molecule has 0 unspecified atom stereocenters. The number of thiophene rings is 1. The van der Waals surface area contributed by atoms with Gasteiger partial charge in [-0.05, 0) is 63.3 Å². The van der Waals surface area contributed by atoms with Crippen molar-refractivity contribution in [2.24, 2.45) is 4.99 Å². The van der Waals surface area contributed by atoms with Gasteiger partial charge < -0.3 is 15.5 Å². The number of aliphatic imine (C=N–C) groups is 1. The first-order chi connectivity index (χ1) is 16.6. The van der Waals surface area contributed by atoms with Gasteiger partial charge in [-0.1, -0.05) is 6.08 Å². The molecule has 2 bridgehead atoms. The van der Waals surface area contributed by atoms with Crippen LogP contribution < -0.4 is 10.6 Å². The molecule has 0 radical (unpaired) electrons. The van der Waals surface area contributed by atoms with Gasteiger partial charge in [0.05, 0.1) is 10.2 Å². The van der Waals surface area contributed by atoms with Crippen molar-refractivity contribution in [3.63, 3.8) is 0 Å². The summed E-state index contributed by atoms with van der Waals surface area (Å²) < 4.78 is 1.00. The fourth-order valence-electron chi connectivity index (χ4n) is 5.41. The Morgan fingerprint density at radius 1 is 1.21 bits per heavy atom. The lowest BCUT2D eigenvalue weighted by Crippen LogP contribution is -2.57. The van der Waals surface area contributed by atoms with Gasteiger partial charge in [-0.15, -0.1) is 11.3 Å². The number of anilines is 3. The Kier molecular flexibility index (Phi) is 5.52. The highest BCUT2D eigenvalue weighted by Gasteiger charge is 2.42. The lowest BCUT2D eigenvalue weighted by Gasteiger charge is -2.49. The maximum atomic E-state index is 13.3. The number of amides is 1. The molecule has 0 saturated carbocycles. The fraction of sp³-hybridized carbons (Fsp3) is 0.458. The summed E-state index contributed by atoms with van der Waals surface area (Å²) in [6.45, 7) is 1.97. The summed E-state index contributed by atoms with van der Waals surface area (Å²) in [5.74, 6) is 2.20. The van der Waals surface area contributed by atoms with E-state index in [0.29, 0.717) is 11.6 Å². The molecule has 0 aliphatic carbocycles. The van der Waals surface area contributed by atoms with Crippen LogP contribution in [-0.4, -0.2) is 55.3 Å². The minimum absolute atomic E-state index is 0.0980. The summed E-state index contributed by atoms with van der Waals surface area (Å²) in [4.78, 5) is 29.3. The number of nitrogens with one attached hydrogen (secondary N) is 3. The van der Waals surface area contributed by atoms with Gasteiger partial charge in [0.1, 0.15) is 5.70 Å². The second-order valence-corrected chi connectivity index (χ2v) is 10.3. The summed E-state index contributed by atoms with van der Waals surface area (Å²) >= 11 is 1.61. The average molecular weight is 477 g/mol. The monoisotopic (exact) mass is 476 g/mol. The Morgan fingerprint density at radius 2 is 2.06 bits per heavy atom. The van der Waals surface area contributed by atoms with Gasteiger partial charge in [0, 0.05) is 36.1 Å². The molecule has 2 fully saturated rings. The molecule has 10 heteroatoms. The van der Waals surface area contributed by atoms with Crippen molar-refractivity contribution in [1.29, 1.82) is 0 Å². The van der Waals surface area contributed by atoms with E-state index in [0.717, 1.165) is 66.1 Å². The number of hydrogen-bond donors (Lipinski definition) is 3. The van der Waals surface area contributed by atoms with Crippen LogP contribution in [0.4, 0.5) is 17.6 Å². The minimum atomic E-state index is 0.0980. The van der Waals surface area contributed by atoms with E-state index in [1.165, 1.54) is 6.42 Å². The van der Waals surface area contributed by atoms with Gasteiger partial charge in [0.15, 0.2) is 11.6 Å². The van der Waals surface area contributed by atoms with Crippen LogP contribution in [0.5, 0.6) is 0 Å². The smallest absolute Gasteiger partial charge is 0.272 e. The molecular weight excluding hydrogens is 448 g/mol. The number of aryl methyl sites for hydroxylation is 1. The molecule has 3 atom stereocenters. The number of nitrogens with zero attached hydrogens (tertiary/aromatic N) is 5. The van der Waals surface area contributed by atoms with Crippen LogP contribution in [0.15, 0.2) is 34.3 Å². The van der Waals surface area contributed by atoms with E-state index in [1.54, 1.807) is 11.3 Å². The van der Waals surface area contributed by atoms with E-state index in [9.17, 15) is 4.79 Å². The van der Waals surface area contributed by atoms with Crippen LogP contribution in [0.1, 0.15) is 50.6 Å². The molecule has 2 saturated heterocycles. The molecule has 34 heavy (non-hydrogen) atoms. The predicted octanol–water partition coefficient (Wildman–Crippen LogP) is 4.54. The third-order valence-corrected chi connectivity index (χ3v) is 7.79. The average Bonchev–Trinajstić information content (AvgIpc) is 3.47. The van der Waals surface area contributed by atoms with Crippen molar-refractivity contribution in [1.82, 2.24) is 25.1 Å². The number of rotatable bonds is 5. The topological polar surface area (TPSA) is 111 Å².